The van der Waals surface area contributed by atoms with Gasteiger partial charge in [-0.1, -0.05) is 0 Å². The molecule has 0 spiro atoms. The van der Waals surface area contributed by atoms with Crippen LogP contribution < -0.4 is 10.6 Å². The third kappa shape index (κ3) is 4.05. The highest BCUT2D eigenvalue weighted by molar-refractivity contribution is 5.94. The van der Waals surface area contributed by atoms with Gasteiger partial charge < -0.3 is 24.2 Å². The molecule has 24 heavy (non-hydrogen) atoms. The fraction of sp³-hybridized carbons (Fsp3) is 0.412. The molecular formula is C17H22N2O5. The molecular weight excluding hydrogens is 312 g/mol. The number of aryl methyl sites for hydroxylation is 2. The minimum atomic E-state index is -0.804. The lowest BCUT2D eigenvalue weighted by atomic mass is 10.0. The van der Waals surface area contributed by atoms with Crippen LogP contribution >= 0.6 is 0 Å². The first-order valence-electron chi connectivity index (χ1n) is 7.54. The fourth-order valence-electron chi connectivity index (χ4n) is 2.35. The molecule has 0 aliphatic carbocycles. The number of carbonyl (C=O) groups excluding carboxylic acids is 2. The predicted molar refractivity (Wildman–Crippen MR) is 87.0 cm³/mol. The fourth-order valence-corrected chi connectivity index (χ4v) is 2.35. The summed E-state index contributed by atoms with van der Waals surface area (Å²) in [5.41, 5.74) is 0.681. The number of carbonyl (C=O) groups is 2. The Morgan fingerprint density at radius 2 is 1.62 bits per heavy atom. The average Bonchev–Trinajstić information content (AvgIpc) is 3.13. The van der Waals surface area contributed by atoms with Gasteiger partial charge in [-0.3, -0.25) is 9.59 Å². The predicted octanol–water partition coefficient (Wildman–Crippen LogP) is 2.05. The third-order valence-electron chi connectivity index (χ3n) is 3.65. The molecule has 0 radical (unpaired) electrons. The van der Waals surface area contributed by atoms with Gasteiger partial charge in [0.2, 0.25) is 0 Å². The van der Waals surface area contributed by atoms with E-state index in [2.05, 4.69) is 10.6 Å². The molecule has 0 fully saturated rings. The van der Waals surface area contributed by atoms with Crippen molar-refractivity contribution in [3.63, 3.8) is 0 Å². The van der Waals surface area contributed by atoms with E-state index < -0.39 is 5.54 Å². The molecule has 2 aromatic heterocycles. The lowest BCUT2D eigenvalue weighted by Crippen LogP contribution is -2.56. The Balaban J connectivity index is 2.04. The average molecular weight is 334 g/mol. The van der Waals surface area contributed by atoms with Crippen molar-refractivity contribution in [3.8, 4) is 0 Å². The molecule has 1 atom stereocenters. The van der Waals surface area contributed by atoms with Gasteiger partial charge >= 0.3 is 0 Å². The smallest absolute Gasteiger partial charge is 0.287 e. The number of methoxy groups -OCH3 is 1. The summed E-state index contributed by atoms with van der Waals surface area (Å²) >= 11 is 0. The summed E-state index contributed by atoms with van der Waals surface area (Å²) in [5, 5.41) is 5.61. The van der Waals surface area contributed by atoms with Gasteiger partial charge in [0.25, 0.3) is 11.8 Å². The van der Waals surface area contributed by atoms with Crippen LogP contribution in [0.25, 0.3) is 0 Å². The van der Waals surface area contributed by atoms with Crippen LogP contribution in [0, 0.1) is 13.8 Å². The van der Waals surface area contributed by atoms with Crippen molar-refractivity contribution < 1.29 is 23.2 Å². The maximum Gasteiger partial charge on any atom is 0.287 e. The Labute approximate surface area is 140 Å². The second kappa shape index (κ2) is 7.35. The van der Waals surface area contributed by atoms with Crippen LogP contribution in [0.1, 0.15) is 39.2 Å². The first kappa shape index (κ1) is 17.8. The van der Waals surface area contributed by atoms with E-state index in [0.29, 0.717) is 0 Å². The minimum absolute atomic E-state index is 0.172. The molecule has 0 bridgehead atoms. The van der Waals surface area contributed by atoms with Crippen molar-refractivity contribution >= 4 is 11.8 Å². The maximum atomic E-state index is 12.4. The van der Waals surface area contributed by atoms with Crippen LogP contribution in [0.3, 0.4) is 0 Å². The van der Waals surface area contributed by atoms with E-state index in [9.17, 15) is 9.59 Å². The summed E-state index contributed by atoms with van der Waals surface area (Å²) in [7, 11) is 1.53. The van der Waals surface area contributed by atoms with E-state index in [1.165, 1.54) is 19.6 Å². The zero-order valence-corrected chi connectivity index (χ0v) is 14.3. The first-order valence-corrected chi connectivity index (χ1v) is 7.54. The van der Waals surface area contributed by atoms with Crippen molar-refractivity contribution in [3.05, 3.63) is 47.3 Å². The highest BCUT2D eigenvalue weighted by atomic mass is 16.5. The molecule has 0 saturated carbocycles. The van der Waals surface area contributed by atoms with Gasteiger partial charge in [0.1, 0.15) is 0 Å². The van der Waals surface area contributed by atoms with E-state index in [-0.39, 0.29) is 36.5 Å². The molecule has 0 aliphatic rings. The van der Waals surface area contributed by atoms with Crippen molar-refractivity contribution in [2.24, 2.45) is 0 Å². The number of nitrogens with one attached hydrogen (secondary N) is 2. The van der Waals surface area contributed by atoms with Crippen LogP contribution in [-0.2, 0) is 4.74 Å². The van der Waals surface area contributed by atoms with Gasteiger partial charge in [-0.2, -0.15) is 0 Å². The Bertz CT molecular complexity index is 718. The molecule has 2 aromatic rings. The molecule has 1 unspecified atom stereocenters. The summed E-state index contributed by atoms with van der Waals surface area (Å²) in [6, 6.07) is 3.43. The number of amides is 2. The van der Waals surface area contributed by atoms with Gasteiger partial charge in [0, 0.05) is 24.8 Å². The molecule has 2 heterocycles. The molecule has 0 aliphatic heterocycles. The maximum absolute atomic E-state index is 12.4. The van der Waals surface area contributed by atoms with E-state index in [1.807, 2.05) is 0 Å². The first-order chi connectivity index (χ1) is 11.4. The van der Waals surface area contributed by atoms with Crippen LogP contribution in [-0.4, -0.2) is 37.6 Å². The summed E-state index contributed by atoms with van der Waals surface area (Å²) in [6.45, 7) is 5.74. The summed E-state index contributed by atoms with van der Waals surface area (Å²) in [4.78, 5) is 24.5. The number of ether oxygens (including phenoxy) is 1. The molecule has 2 amide bonds. The van der Waals surface area contributed by atoms with Gasteiger partial charge in [-0.05, 0) is 32.9 Å². The molecule has 0 aromatic carbocycles. The van der Waals surface area contributed by atoms with E-state index in [4.69, 9.17) is 13.6 Å². The number of hydrogen-bond donors (Lipinski definition) is 2. The normalized spacial score (nSPS) is 13.3. The topological polar surface area (TPSA) is 93.7 Å². The largest absolute Gasteiger partial charge is 0.459 e. The Hall–Kier alpha value is -2.54. The van der Waals surface area contributed by atoms with Gasteiger partial charge in [0.15, 0.2) is 11.5 Å². The molecule has 2 rings (SSSR count). The second-order valence-electron chi connectivity index (χ2n) is 6.00. The van der Waals surface area contributed by atoms with Crippen LogP contribution in [0.2, 0.25) is 0 Å². The van der Waals surface area contributed by atoms with E-state index >= 15 is 0 Å². The van der Waals surface area contributed by atoms with Crippen LogP contribution in [0.4, 0.5) is 0 Å². The van der Waals surface area contributed by atoms with E-state index in [0.717, 1.165) is 11.1 Å². The molecule has 0 saturated heterocycles. The SMILES string of the molecule is COCC(C)(CNC(=O)c1occc1C)NC(=O)c1occc1C. The Morgan fingerprint density at radius 3 is 2.08 bits per heavy atom. The Kier molecular flexibility index (Phi) is 5.46. The van der Waals surface area contributed by atoms with Crippen molar-refractivity contribution in [2.45, 2.75) is 26.3 Å². The Morgan fingerprint density at radius 1 is 1.08 bits per heavy atom. The third-order valence-corrected chi connectivity index (χ3v) is 3.65. The molecule has 7 heteroatoms. The van der Waals surface area contributed by atoms with Crippen molar-refractivity contribution in [1.29, 1.82) is 0 Å². The molecule has 7 nitrogen and oxygen atoms in total. The number of hydrogen-bond acceptors (Lipinski definition) is 5. The van der Waals surface area contributed by atoms with Gasteiger partial charge in [-0.15, -0.1) is 0 Å². The molecule has 2 N–H and O–H groups in total. The van der Waals surface area contributed by atoms with Crippen LogP contribution in [0.5, 0.6) is 0 Å². The standard InChI is InChI=1S/C17H22N2O5/c1-11-5-7-23-13(11)15(20)18-9-17(3,10-22-4)19-16(21)14-12(2)6-8-24-14/h5-8H,9-10H2,1-4H3,(H,18,20)(H,19,21). The number of rotatable bonds is 7. The van der Waals surface area contributed by atoms with Crippen molar-refractivity contribution in [1.82, 2.24) is 10.6 Å². The highest BCUT2D eigenvalue weighted by Crippen LogP contribution is 2.13. The van der Waals surface area contributed by atoms with E-state index in [1.54, 1.807) is 32.9 Å². The minimum Gasteiger partial charge on any atom is -0.459 e. The zero-order chi connectivity index (χ0) is 17.7. The summed E-state index contributed by atoms with van der Waals surface area (Å²) < 4.78 is 15.5. The van der Waals surface area contributed by atoms with Crippen molar-refractivity contribution in [2.75, 3.05) is 20.3 Å². The quantitative estimate of drug-likeness (QED) is 0.808. The number of furan rings is 2. The second-order valence-corrected chi connectivity index (χ2v) is 6.00. The lowest BCUT2D eigenvalue weighted by Gasteiger charge is -2.30. The summed E-state index contributed by atoms with van der Waals surface area (Å²) in [5.74, 6) is -0.211. The summed E-state index contributed by atoms with van der Waals surface area (Å²) in [6.07, 6.45) is 2.92. The lowest BCUT2D eigenvalue weighted by molar-refractivity contribution is 0.0730. The van der Waals surface area contributed by atoms with Gasteiger partial charge in [-0.25, -0.2) is 0 Å². The zero-order valence-electron chi connectivity index (χ0n) is 14.3. The highest BCUT2D eigenvalue weighted by Gasteiger charge is 2.30. The molecule has 130 valence electrons. The monoisotopic (exact) mass is 334 g/mol. The van der Waals surface area contributed by atoms with Crippen LogP contribution in [0.15, 0.2) is 33.5 Å². The van der Waals surface area contributed by atoms with Gasteiger partial charge in [0.05, 0.1) is 24.7 Å².